The third-order valence-corrected chi connectivity index (χ3v) is 3.44. The van der Waals surface area contributed by atoms with E-state index in [1.807, 2.05) is 6.92 Å². The summed E-state index contributed by atoms with van der Waals surface area (Å²) in [6, 6.07) is 5.85. The van der Waals surface area contributed by atoms with Crippen LogP contribution in [-0.4, -0.2) is 18.6 Å². The van der Waals surface area contributed by atoms with Crippen molar-refractivity contribution in [1.82, 2.24) is 5.32 Å². The minimum atomic E-state index is -4.51. The molecule has 1 aromatic carbocycles. The van der Waals surface area contributed by atoms with Gasteiger partial charge in [-0.25, -0.2) is 0 Å². The molecule has 0 aliphatic carbocycles. The fourth-order valence-corrected chi connectivity index (χ4v) is 2.46. The first kappa shape index (κ1) is 14.7. The largest absolute Gasteiger partial charge is 0.417 e. The molecule has 0 saturated carbocycles. The van der Waals surface area contributed by atoms with Crippen molar-refractivity contribution in [3.05, 3.63) is 29.3 Å². The summed E-state index contributed by atoms with van der Waals surface area (Å²) in [5, 5.41) is 15.2. The molecule has 0 aromatic heterocycles. The van der Waals surface area contributed by atoms with Gasteiger partial charge in [-0.05, 0) is 44.5 Å². The highest BCUT2D eigenvalue weighted by Gasteiger charge is 2.34. The summed E-state index contributed by atoms with van der Waals surface area (Å²) < 4.78 is 38.6. The lowest BCUT2D eigenvalue weighted by Gasteiger charge is -2.29. The van der Waals surface area contributed by atoms with Gasteiger partial charge in [-0.15, -0.1) is 0 Å². The molecule has 0 radical (unpaired) electrons. The number of nitriles is 1. The molecule has 108 valence electrons. The number of rotatable bonds is 2. The van der Waals surface area contributed by atoms with Gasteiger partial charge in [0.15, 0.2) is 0 Å². The average Bonchev–Trinajstić information content (AvgIpc) is 2.37. The molecule has 1 heterocycles. The Labute approximate surface area is 115 Å². The van der Waals surface area contributed by atoms with E-state index in [4.69, 9.17) is 5.26 Å². The molecule has 1 fully saturated rings. The second-order valence-corrected chi connectivity index (χ2v) is 5.09. The Morgan fingerprint density at radius 3 is 2.75 bits per heavy atom. The molecule has 2 rings (SSSR count). The summed E-state index contributed by atoms with van der Waals surface area (Å²) in [6.45, 7) is 2.90. The van der Waals surface area contributed by atoms with Gasteiger partial charge in [-0.2, -0.15) is 18.4 Å². The zero-order valence-corrected chi connectivity index (χ0v) is 11.1. The zero-order valence-electron chi connectivity index (χ0n) is 11.1. The van der Waals surface area contributed by atoms with E-state index < -0.39 is 11.7 Å². The second-order valence-electron chi connectivity index (χ2n) is 5.09. The molecule has 1 aliphatic rings. The van der Waals surface area contributed by atoms with Crippen molar-refractivity contribution in [2.24, 2.45) is 0 Å². The van der Waals surface area contributed by atoms with E-state index in [9.17, 15) is 13.2 Å². The van der Waals surface area contributed by atoms with Crippen LogP contribution >= 0.6 is 0 Å². The van der Waals surface area contributed by atoms with Gasteiger partial charge in [0.25, 0.3) is 0 Å². The van der Waals surface area contributed by atoms with Crippen LogP contribution in [0.25, 0.3) is 0 Å². The van der Waals surface area contributed by atoms with Gasteiger partial charge in [-0.1, -0.05) is 0 Å². The van der Waals surface area contributed by atoms with Crippen molar-refractivity contribution in [2.75, 3.05) is 11.9 Å². The molecule has 20 heavy (non-hydrogen) atoms. The summed E-state index contributed by atoms with van der Waals surface area (Å²) in [6.07, 6.45) is -2.78. The highest BCUT2D eigenvalue weighted by Crippen LogP contribution is 2.33. The number of hydrogen-bond donors (Lipinski definition) is 2. The molecule has 2 N–H and O–H groups in total. The van der Waals surface area contributed by atoms with Gasteiger partial charge in [0.2, 0.25) is 0 Å². The predicted molar refractivity (Wildman–Crippen MR) is 70.3 cm³/mol. The molecule has 0 amide bonds. The molecule has 6 heteroatoms. The van der Waals surface area contributed by atoms with Crippen LogP contribution in [0.1, 0.15) is 30.9 Å². The lowest BCUT2D eigenvalue weighted by atomic mass is 9.99. The Kier molecular flexibility index (Phi) is 4.19. The third kappa shape index (κ3) is 3.42. The first-order chi connectivity index (χ1) is 9.40. The highest BCUT2D eigenvalue weighted by molar-refractivity contribution is 5.53. The molecule has 0 bridgehead atoms. The first-order valence-corrected chi connectivity index (χ1v) is 6.51. The Bertz CT molecular complexity index is 519. The van der Waals surface area contributed by atoms with Crippen LogP contribution in [-0.2, 0) is 6.18 Å². The maximum atomic E-state index is 12.9. The van der Waals surface area contributed by atoms with Crippen molar-refractivity contribution in [3.8, 4) is 6.07 Å². The van der Waals surface area contributed by atoms with Crippen LogP contribution < -0.4 is 10.6 Å². The minimum Gasteiger partial charge on any atom is -0.382 e. The normalized spacial score (nSPS) is 23.1. The van der Waals surface area contributed by atoms with Gasteiger partial charge in [0.1, 0.15) is 0 Å². The summed E-state index contributed by atoms with van der Waals surface area (Å²) >= 11 is 0. The van der Waals surface area contributed by atoms with Gasteiger partial charge >= 0.3 is 6.18 Å². The Morgan fingerprint density at radius 1 is 1.40 bits per heavy atom. The molecular formula is C14H16F3N3. The van der Waals surface area contributed by atoms with Gasteiger partial charge in [-0.3, -0.25) is 0 Å². The van der Waals surface area contributed by atoms with E-state index in [1.54, 1.807) is 6.07 Å². The second kappa shape index (κ2) is 5.71. The van der Waals surface area contributed by atoms with Gasteiger partial charge in [0.05, 0.1) is 17.2 Å². The van der Waals surface area contributed by atoms with E-state index in [2.05, 4.69) is 10.6 Å². The SMILES string of the molecule is CC1CC(Nc2ccc(C#N)c(C(F)(F)F)c2)CCN1. The zero-order chi connectivity index (χ0) is 14.8. The minimum absolute atomic E-state index is 0.153. The monoisotopic (exact) mass is 283 g/mol. The van der Waals surface area contributed by atoms with Crippen molar-refractivity contribution in [2.45, 2.75) is 38.0 Å². The van der Waals surface area contributed by atoms with E-state index in [0.717, 1.165) is 25.5 Å². The quantitative estimate of drug-likeness (QED) is 0.876. The van der Waals surface area contributed by atoms with E-state index in [-0.39, 0.29) is 11.6 Å². The molecule has 3 nitrogen and oxygen atoms in total. The van der Waals surface area contributed by atoms with Crippen LogP contribution in [0.4, 0.5) is 18.9 Å². The smallest absolute Gasteiger partial charge is 0.382 e. The van der Waals surface area contributed by atoms with E-state index in [0.29, 0.717) is 11.7 Å². The van der Waals surface area contributed by atoms with Crippen molar-refractivity contribution in [1.29, 1.82) is 5.26 Å². The lowest BCUT2D eigenvalue weighted by Crippen LogP contribution is -2.41. The van der Waals surface area contributed by atoms with Crippen molar-refractivity contribution in [3.63, 3.8) is 0 Å². The summed E-state index contributed by atoms with van der Waals surface area (Å²) in [5.41, 5.74) is -0.816. The summed E-state index contributed by atoms with van der Waals surface area (Å²) in [4.78, 5) is 0. The van der Waals surface area contributed by atoms with Gasteiger partial charge in [0, 0.05) is 17.8 Å². The molecule has 0 spiro atoms. The van der Waals surface area contributed by atoms with E-state index in [1.165, 1.54) is 12.1 Å². The number of anilines is 1. The highest BCUT2D eigenvalue weighted by atomic mass is 19.4. The third-order valence-electron chi connectivity index (χ3n) is 3.44. The molecular weight excluding hydrogens is 267 g/mol. The molecule has 2 atom stereocenters. The van der Waals surface area contributed by atoms with E-state index >= 15 is 0 Å². The Hall–Kier alpha value is -1.74. The molecule has 1 aromatic rings. The average molecular weight is 283 g/mol. The number of halogens is 3. The lowest BCUT2D eigenvalue weighted by molar-refractivity contribution is -0.137. The van der Waals surface area contributed by atoms with Crippen LogP contribution in [0, 0.1) is 11.3 Å². The first-order valence-electron chi connectivity index (χ1n) is 6.51. The van der Waals surface area contributed by atoms with Crippen molar-refractivity contribution < 1.29 is 13.2 Å². The number of hydrogen-bond acceptors (Lipinski definition) is 3. The van der Waals surface area contributed by atoms with Gasteiger partial charge < -0.3 is 10.6 Å². The summed E-state index contributed by atoms with van der Waals surface area (Å²) in [5.74, 6) is 0. The van der Waals surface area contributed by atoms with Crippen LogP contribution in [0.2, 0.25) is 0 Å². The van der Waals surface area contributed by atoms with Crippen LogP contribution in [0.3, 0.4) is 0 Å². The Morgan fingerprint density at radius 2 is 2.15 bits per heavy atom. The molecule has 1 saturated heterocycles. The standard InChI is InChI=1S/C14H16F3N3/c1-9-6-12(4-5-19-9)20-11-3-2-10(8-18)13(7-11)14(15,16)17/h2-3,7,9,12,19-20H,4-6H2,1H3. The topological polar surface area (TPSA) is 47.9 Å². The van der Waals surface area contributed by atoms with Crippen LogP contribution in [0.15, 0.2) is 18.2 Å². The maximum absolute atomic E-state index is 12.9. The number of benzene rings is 1. The number of alkyl halides is 3. The molecule has 2 unspecified atom stereocenters. The maximum Gasteiger partial charge on any atom is 0.417 e. The van der Waals surface area contributed by atoms with Crippen LogP contribution in [0.5, 0.6) is 0 Å². The number of nitrogens with zero attached hydrogens (tertiary/aromatic N) is 1. The number of nitrogens with one attached hydrogen (secondary N) is 2. The fourth-order valence-electron chi connectivity index (χ4n) is 2.46. The Balaban J connectivity index is 2.19. The number of piperidine rings is 1. The van der Waals surface area contributed by atoms with Crippen molar-refractivity contribution >= 4 is 5.69 Å². The molecule has 1 aliphatic heterocycles. The predicted octanol–water partition coefficient (Wildman–Crippen LogP) is 3.13. The fraction of sp³-hybridized carbons (Fsp3) is 0.500. The summed E-state index contributed by atoms with van der Waals surface area (Å²) in [7, 11) is 0.